The summed E-state index contributed by atoms with van der Waals surface area (Å²) in [5.41, 5.74) is 1.83. The molecule has 0 N–H and O–H groups in total. The Morgan fingerprint density at radius 3 is 2.52 bits per heavy atom. The van der Waals surface area contributed by atoms with Crippen LogP contribution >= 0.6 is 0 Å². The highest BCUT2D eigenvalue weighted by molar-refractivity contribution is 5.75. The number of hydrogen-bond acceptors (Lipinski definition) is 2. The first-order chi connectivity index (χ1) is 10.0. The van der Waals surface area contributed by atoms with Gasteiger partial charge in [-0.1, -0.05) is 52.9 Å². The summed E-state index contributed by atoms with van der Waals surface area (Å²) in [5.74, 6) is 1.77. The molecule has 21 heavy (non-hydrogen) atoms. The number of hydrogen-bond donors (Lipinski definition) is 0. The van der Waals surface area contributed by atoms with Gasteiger partial charge in [-0.2, -0.15) is 0 Å². The number of carbonyl (C=O) groups is 1. The van der Waals surface area contributed by atoms with Crippen LogP contribution in [-0.2, 0) is 5.41 Å². The van der Waals surface area contributed by atoms with Crippen molar-refractivity contribution in [1.82, 2.24) is 0 Å². The maximum absolute atomic E-state index is 11.0. The minimum atomic E-state index is -0.0147. The van der Waals surface area contributed by atoms with Crippen molar-refractivity contribution in [3.8, 4) is 5.75 Å². The van der Waals surface area contributed by atoms with Crippen molar-refractivity contribution >= 4 is 6.29 Å². The highest BCUT2D eigenvalue weighted by Crippen LogP contribution is 2.33. The van der Waals surface area contributed by atoms with E-state index in [0.29, 0.717) is 0 Å². The first kappa shape index (κ1) is 16.1. The molecule has 1 aromatic carbocycles. The zero-order valence-electron chi connectivity index (χ0n) is 13.7. The van der Waals surface area contributed by atoms with Crippen molar-refractivity contribution in [1.29, 1.82) is 0 Å². The smallest absolute Gasteiger partial charge is 0.150 e. The van der Waals surface area contributed by atoms with Gasteiger partial charge in [-0.3, -0.25) is 4.79 Å². The van der Waals surface area contributed by atoms with E-state index in [1.165, 1.54) is 32.1 Å². The monoisotopic (exact) mass is 288 g/mol. The minimum Gasteiger partial charge on any atom is -0.493 e. The standard InChI is InChI=1S/C19H28O2/c1-19(2,3)17-13-16(14-20)9-10-18(17)21-12-11-15-7-5-4-6-8-15/h9-10,13-15H,4-8,11-12H2,1-3H3. The van der Waals surface area contributed by atoms with E-state index < -0.39 is 0 Å². The van der Waals surface area contributed by atoms with Crippen LogP contribution < -0.4 is 4.74 Å². The molecular formula is C19H28O2. The van der Waals surface area contributed by atoms with E-state index in [1.54, 1.807) is 0 Å². The number of aldehydes is 1. The zero-order chi connectivity index (χ0) is 15.3. The predicted molar refractivity (Wildman–Crippen MR) is 87.2 cm³/mol. The van der Waals surface area contributed by atoms with Gasteiger partial charge in [0.2, 0.25) is 0 Å². The fraction of sp³-hybridized carbons (Fsp3) is 0.632. The second-order valence-corrected chi connectivity index (χ2v) is 7.26. The van der Waals surface area contributed by atoms with Crippen LogP contribution in [0.1, 0.15) is 75.2 Å². The van der Waals surface area contributed by atoms with Gasteiger partial charge in [0.15, 0.2) is 0 Å². The molecule has 116 valence electrons. The molecule has 0 aliphatic heterocycles. The number of benzene rings is 1. The molecule has 0 saturated heterocycles. The summed E-state index contributed by atoms with van der Waals surface area (Å²) in [7, 11) is 0. The van der Waals surface area contributed by atoms with E-state index in [0.717, 1.165) is 42.1 Å². The van der Waals surface area contributed by atoms with Crippen molar-refractivity contribution in [3.63, 3.8) is 0 Å². The summed E-state index contributed by atoms with van der Waals surface area (Å²) in [6.45, 7) is 7.26. The first-order valence-electron chi connectivity index (χ1n) is 8.23. The van der Waals surface area contributed by atoms with Gasteiger partial charge >= 0.3 is 0 Å². The predicted octanol–water partition coefficient (Wildman–Crippen LogP) is 5.15. The van der Waals surface area contributed by atoms with Gasteiger partial charge in [-0.25, -0.2) is 0 Å². The fourth-order valence-corrected chi connectivity index (χ4v) is 3.14. The molecule has 1 saturated carbocycles. The van der Waals surface area contributed by atoms with Gasteiger partial charge in [0.05, 0.1) is 6.61 Å². The normalized spacial score (nSPS) is 16.7. The Hall–Kier alpha value is -1.31. The van der Waals surface area contributed by atoms with Crippen LogP contribution in [0.3, 0.4) is 0 Å². The average molecular weight is 288 g/mol. The van der Waals surface area contributed by atoms with Crippen LogP contribution in [0.2, 0.25) is 0 Å². The van der Waals surface area contributed by atoms with Gasteiger partial charge in [0.25, 0.3) is 0 Å². The van der Waals surface area contributed by atoms with Gasteiger partial charge < -0.3 is 4.74 Å². The summed E-state index contributed by atoms with van der Waals surface area (Å²) in [4.78, 5) is 11.0. The average Bonchev–Trinajstić information content (AvgIpc) is 2.47. The molecular weight excluding hydrogens is 260 g/mol. The minimum absolute atomic E-state index is 0.0147. The van der Waals surface area contributed by atoms with Crippen LogP contribution in [-0.4, -0.2) is 12.9 Å². The molecule has 0 heterocycles. The Labute approximate surface area is 128 Å². The maximum Gasteiger partial charge on any atom is 0.150 e. The number of rotatable bonds is 5. The van der Waals surface area contributed by atoms with Crippen LogP contribution in [0.5, 0.6) is 5.75 Å². The third-order valence-electron chi connectivity index (χ3n) is 4.46. The molecule has 0 aromatic heterocycles. The van der Waals surface area contributed by atoms with Crippen LogP contribution in [0, 0.1) is 5.92 Å². The topological polar surface area (TPSA) is 26.3 Å². The highest BCUT2D eigenvalue weighted by Gasteiger charge is 2.20. The zero-order valence-corrected chi connectivity index (χ0v) is 13.7. The van der Waals surface area contributed by atoms with E-state index >= 15 is 0 Å². The summed E-state index contributed by atoms with van der Waals surface area (Å²) in [5, 5.41) is 0. The maximum atomic E-state index is 11.0. The SMILES string of the molecule is CC(C)(C)c1cc(C=O)ccc1OCCC1CCCCC1. The van der Waals surface area contributed by atoms with Crippen molar-refractivity contribution in [2.45, 2.75) is 64.7 Å². The lowest BCUT2D eigenvalue weighted by Crippen LogP contribution is -2.16. The molecule has 1 aliphatic carbocycles. The Balaban J connectivity index is 1.99. The van der Waals surface area contributed by atoms with Crippen LogP contribution in [0.25, 0.3) is 0 Å². The first-order valence-corrected chi connectivity index (χ1v) is 8.23. The molecule has 0 spiro atoms. The Kier molecular flexibility index (Phi) is 5.44. The van der Waals surface area contributed by atoms with Crippen molar-refractivity contribution < 1.29 is 9.53 Å². The molecule has 2 heteroatoms. The van der Waals surface area contributed by atoms with Crippen LogP contribution in [0.15, 0.2) is 18.2 Å². The molecule has 1 fully saturated rings. The molecule has 0 bridgehead atoms. The van der Waals surface area contributed by atoms with Gasteiger partial charge in [-0.05, 0) is 36.0 Å². The number of ether oxygens (including phenoxy) is 1. The van der Waals surface area contributed by atoms with E-state index in [9.17, 15) is 4.79 Å². The Bertz CT molecular complexity index is 465. The molecule has 0 amide bonds. The van der Waals surface area contributed by atoms with Crippen LogP contribution in [0.4, 0.5) is 0 Å². The van der Waals surface area contributed by atoms with Crippen molar-refractivity contribution in [2.75, 3.05) is 6.61 Å². The molecule has 0 radical (unpaired) electrons. The van der Waals surface area contributed by atoms with E-state index in [2.05, 4.69) is 20.8 Å². The highest BCUT2D eigenvalue weighted by atomic mass is 16.5. The van der Waals surface area contributed by atoms with Gasteiger partial charge in [0.1, 0.15) is 12.0 Å². The summed E-state index contributed by atoms with van der Waals surface area (Å²) >= 11 is 0. The summed E-state index contributed by atoms with van der Waals surface area (Å²) in [6.07, 6.45) is 8.94. The second-order valence-electron chi connectivity index (χ2n) is 7.26. The lowest BCUT2D eigenvalue weighted by atomic mass is 9.85. The molecule has 1 aromatic rings. The Morgan fingerprint density at radius 2 is 1.90 bits per heavy atom. The van der Waals surface area contributed by atoms with Gasteiger partial charge in [-0.15, -0.1) is 0 Å². The fourth-order valence-electron chi connectivity index (χ4n) is 3.14. The summed E-state index contributed by atoms with van der Waals surface area (Å²) in [6, 6.07) is 5.76. The molecule has 2 nitrogen and oxygen atoms in total. The summed E-state index contributed by atoms with van der Waals surface area (Å²) < 4.78 is 6.05. The third-order valence-corrected chi connectivity index (χ3v) is 4.46. The number of carbonyl (C=O) groups excluding carboxylic acids is 1. The molecule has 1 aliphatic rings. The second kappa shape index (κ2) is 7.11. The molecule has 2 rings (SSSR count). The van der Waals surface area contributed by atoms with Gasteiger partial charge in [0, 0.05) is 11.1 Å². The van der Waals surface area contributed by atoms with E-state index in [1.807, 2.05) is 18.2 Å². The van der Waals surface area contributed by atoms with Crippen molar-refractivity contribution in [2.24, 2.45) is 5.92 Å². The molecule has 0 unspecified atom stereocenters. The quantitative estimate of drug-likeness (QED) is 0.701. The molecule has 0 atom stereocenters. The Morgan fingerprint density at radius 1 is 1.19 bits per heavy atom. The third kappa shape index (κ3) is 4.59. The lowest BCUT2D eigenvalue weighted by Gasteiger charge is -2.25. The van der Waals surface area contributed by atoms with Crippen molar-refractivity contribution in [3.05, 3.63) is 29.3 Å². The lowest BCUT2D eigenvalue weighted by molar-refractivity contribution is 0.112. The largest absolute Gasteiger partial charge is 0.493 e. The van der Waals surface area contributed by atoms with E-state index in [4.69, 9.17) is 4.74 Å². The van der Waals surface area contributed by atoms with E-state index in [-0.39, 0.29) is 5.41 Å².